The van der Waals surface area contributed by atoms with Gasteiger partial charge < -0.3 is 16.0 Å². The molecule has 0 saturated carbocycles. The third kappa shape index (κ3) is 1.74. The Kier molecular flexibility index (Phi) is 2.81. The number of rotatable bonds is 2. The Morgan fingerprint density at radius 2 is 2.24 bits per heavy atom. The number of nitrogens with zero attached hydrogens (tertiary/aromatic N) is 1. The number of aryl methyl sites for hydroxylation is 1. The molecule has 0 aromatic heterocycles. The topological polar surface area (TPSA) is 41.3 Å². The highest BCUT2D eigenvalue weighted by atomic mass is 15.3. The van der Waals surface area contributed by atoms with E-state index in [0.717, 1.165) is 32.6 Å². The van der Waals surface area contributed by atoms with Crippen molar-refractivity contribution in [2.24, 2.45) is 5.73 Å². The number of benzene rings is 1. The Bertz CT molecular complexity index is 396. The first-order valence-corrected chi connectivity index (χ1v) is 6.62. The van der Waals surface area contributed by atoms with E-state index < -0.39 is 0 Å². The molecule has 1 aromatic carbocycles. The van der Waals surface area contributed by atoms with Gasteiger partial charge in [0.25, 0.3) is 0 Å². The van der Waals surface area contributed by atoms with Gasteiger partial charge in [0.05, 0.1) is 5.54 Å². The normalized spacial score (nSPS) is 28.2. The molecule has 3 nitrogen and oxygen atoms in total. The van der Waals surface area contributed by atoms with Gasteiger partial charge in [-0.3, -0.25) is 0 Å². The van der Waals surface area contributed by atoms with E-state index in [-0.39, 0.29) is 5.54 Å². The number of anilines is 1. The molecular formula is C14H21N3. The first-order chi connectivity index (χ1) is 8.36. The van der Waals surface area contributed by atoms with Crippen molar-refractivity contribution in [3.63, 3.8) is 0 Å². The van der Waals surface area contributed by atoms with Crippen LogP contribution in [0, 0.1) is 0 Å². The maximum Gasteiger partial charge on any atom is 0.0660 e. The van der Waals surface area contributed by atoms with E-state index in [0.29, 0.717) is 0 Å². The van der Waals surface area contributed by atoms with Gasteiger partial charge in [-0.25, -0.2) is 0 Å². The lowest BCUT2D eigenvalue weighted by Gasteiger charge is -2.45. The molecule has 3 heteroatoms. The molecule has 92 valence electrons. The van der Waals surface area contributed by atoms with E-state index in [1.165, 1.54) is 24.1 Å². The van der Waals surface area contributed by atoms with Crippen LogP contribution in [0.3, 0.4) is 0 Å². The summed E-state index contributed by atoms with van der Waals surface area (Å²) in [5.41, 5.74) is 9.12. The Labute approximate surface area is 103 Å². The zero-order valence-corrected chi connectivity index (χ0v) is 10.3. The maximum absolute atomic E-state index is 6.08. The highest BCUT2D eigenvalue weighted by molar-refractivity contribution is 5.58. The molecule has 0 bridgehead atoms. The van der Waals surface area contributed by atoms with Crippen LogP contribution in [0.25, 0.3) is 0 Å². The van der Waals surface area contributed by atoms with Crippen LogP contribution in [0.5, 0.6) is 0 Å². The van der Waals surface area contributed by atoms with Crippen LogP contribution in [0.4, 0.5) is 5.69 Å². The summed E-state index contributed by atoms with van der Waals surface area (Å²) >= 11 is 0. The Morgan fingerprint density at radius 3 is 3.00 bits per heavy atom. The zero-order valence-electron chi connectivity index (χ0n) is 10.3. The molecule has 0 amide bonds. The summed E-state index contributed by atoms with van der Waals surface area (Å²) in [4.78, 5) is 2.56. The number of nitrogens with one attached hydrogen (secondary N) is 1. The first kappa shape index (κ1) is 11.1. The lowest BCUT2D eigenvalue weighted by molar-refractivity contribution is 0.416. The molecule has 1 saturated heterocycles. The van der Waals surface area contributed by atoms with Gasteiger partial charge in [-0.1, -0.05) is 18.2 Å². The summed E-state index contributed by atoms with van der Waals surface area (Å²) in [6, 6.07) is 8.80. The molecule has 1 aromatic rings. The Hall–Kier alpha value is -1.06. The molecular weight excluding hydrogens is 210 g/mol. The van der Waals surface area contributed by atoms with E-state index in [2.05, 4.69) is 34.5 Å². The van der Waals surface area contributed by atoms with Crippen LogP contribution in [0.2, 0.25) is 0 Å². The Balaban J connectivity index is 1.99. The van der Waals surface area contributed by atoms with Crippen molar-refractivity contribution in [1.82, 2.24) is 5.32 Å². The summed E-state index contributed by atoms with van der Waals surface area (Å²) in [7, 11) is 0. The average molecular weight is 231 g/mol. The van der Waals surface area contributed by atoms with E-state index in [9.17, 15) is 0 Å². The molecule has 0 aliphatic carbocycles. The maximum atomic E-state index is 6.08. The van der Waals surface area contributed by atoms with E-state index in [1.54, 1.807) is 0 Å². The zero-order chi connectivity index (χ0) is 11.7. The lowest BCUT2D eigenvalue weighted by atomic mass is 9.90. The minimum Gasteiger partial charge on any atom is -0.363 e. The number of fused-ring (bicyclic) bond motifs is 1. The fourth-order valence-corrected chi connectivity index (χ4v) is 3.27. The van der Waals surface area contributed by atoms with Crippen LogP contribution in [-0.2, 0) is 6.42 Å². The van der Waals surface area contributed by atoms with E-state index in [4.69, 9.17) is 5.73 Å². The summed E-state index contributed by atoms with van der Waals surface area (Å²) in [6.45, 7) is 4.01. The fourth-order valence-electron chi connectivity index (χ4n) is 3.27. The smallest absolute Gasteiger partial charge is 0.0660 e. The van der Waals surface area contributed by atoms with Crippen LogP contribution in [0.15, 0.2) is 24.3 Å². The molecule has 0 spiro atoms. The van der Waals surface area contributed by atoms with Gasteiger partial charge in [-0.15, -0.1) is 0 Å². The van der Waals surface area contributed by atoms with Gasteiger partial charge in [-0.05, 0) is 37.4 Å². The third-order valence-electron chi connectivity index (χ3n) is 4.28. The highest BCUT2D eigenvalue weighted by Gasteiger charge is 2.39. The second-order valence-electron chi connectivity index (χ2n) is 5.24. The highest BCUT2D eigenvalue weighted by Crippen LogP contribution is 2.34. The standard InChI is InChI=1S/C14H21N3/c15-10-14(7-8-16-11-14)17-9-3-5-12-4-1-2-6-13(12)17/h1-2,4,6,16H,3,5,7-11,15H2. The van der Waals surface area contributed by atoms with Crippen LogP contribution in [0.1, 0.15) is 18.4 Å². The summed E-state index contributed by atoms with van der Waals surface area (Å²) < 4.78 is 0. The largest absolute Gasteiger partial charge is 0.363 e. The first-order valence-electron chi connectivity index (χ1n) is 6.62. The quantitative estimate of drug-likeness (QED) is 0.801. The van der Waals surface area contributed by atoms with Crippen molar-refractivity contribution >= 4 is 5.69 Å². The molecule has 17 heavy (non-hydrogen) atoms. The number of hydrogen-bond donors (Lipinski definition) is 2. The van der Waals surface area contributed by atoms with Gasteiger partial charge in [0.1, 0.15) is 0 Å². The lowest BCUT2D eigenvalue weighted by Crippen LogP contribution is -2.57. The van der Waals surface area contributed by atoms with Crippen LogP contribution in [-0.4, -0.2) is 31.7 Å². The molecule has 1 fully saturated rings. The number of hydrogen-bond acceptors (Lipinski definition) is 3. The van der Waals surface area contributed by atoms with Gasteiger partial charge >= 0.3 is 0 Å². The SMILES string of the molecule is NCC1(N2CCCc3ccccc32)CCNC1. The van der Waals surface area contributed by atoms with Crippen molar-refractivity contribution < 1.29 is 0 Å². The van der Waals surface area contributed by atoms with Gasteiger partial charge in [0, 0.05) is 25.3 Å². The van der Waals surface area contributed by atoms with Crippen LogP contribution < -0.4 is 16.0 Å². The average Bonchev–Trinajstić information content (AvgIpc) is 2.88. The predicted octanol–water partition coefficient (Wildman–Crippen LogP) is 1.13. The number of nitrogens with two attached hydrogens (primary N) is 1. The third-order valence-corrected chi connectivity index (χ3v) is 4.28. The van der Waals surface area contributed by atoms with E-state index in [1.807, 2.05) is 0 Å². The second-order valence-corrected chi connectivity index (χ2v) is 5.24. The minimum absolute atomic E-state index is 0.149. The van der Waals surface area contributed by atoms with Gasteiger partial charge in [-0.2, -0.15) is 0 Å². The predicted molar refractivity (Wildman–Crippen MR) is 71.4 cm³/mol. The molecule has 2 aliphatic rings. The summed E-state index contributed by atoms with van der Waals surface area (Å²) in [5, 5.41) is 3.47. The fraction of sp³-hybridized carbons (Fsp3) is 0.571. The summed E-state index contributed by atoms with van der Waals surface area (Å²) in [5.74, 6) is 0. The minimum atomic E-state index is 0.149. The number of para-hydroxylation sites is 1. The van der Waals surface area contributed by atoms with Crippen molar-refractivity contribution in [3.05, 3.63) is 29.8 Å². The Morgan fingerprint density at radius 1 is 1.35 bits per heavy atom. The van der Waals surface area contributed by atoms with Gasteiger partial charge in [0.15, 0.2) is 0 Å². The molecule has 0 radical (unpaired) electrons. The summed E-state index contributed by atoms with van der Waals surface area (Å²) in [6.07, 6.45) is 3.62. The van der Waals surface area contributed by atoms with Crippen LogP contribution >= 0.6 is 0 Å². The van der Waals surface area contributed by atoms with Crippen molar-refractivity contribution in [2.75, 3.05) is 31.1 Å². The second kappa shape index (κ2) is 4.31. The molecule has 1 atom stereocenters. The van der Waals surface area contributed by atoms with Gasteiger partial charge in [0.2, 0.25) is 0 Å². The van der Waals surface area contributed by atoms with Crippen molar-refractivity contribution in [1.29, 1.82) is 0 Å². The molecule has 3 rings (SSSR count). The van der Waals surface area contributed by atoms with Crippen molar-refractivity contribution in [3.8, 4) is 0 Å². The molecule has 2 heterocycles. The van der Waals surface area contributed by atoms with Crippen molar-refractivity contribution in [2.45, 2.75) is 24.8 Å². The monoisotopic (exact) mass is 231 g/mol. The molecule has 1 unspecified atom stereocenters. The van der Waals surface area contributed by atoms with E-state index >= 15 is 0 Å². The molecule has 3 N–H and O–H groups in total. The molecule has 2 aliphatic heterocycles.